The maximum absolute atomic E-state index is 13.3. The third-order valence-corrected chi connectivity index (χ3v) is 3.71. The van der Waals surface area contributed by atoms with Crippen molar-refractivity contribution in [3.05, 3.63) is 57.7 Å². The quantitative estimate of drug-likeness (QED) is 0.908. The first-order valence-electron chi connectivity index (χ1n) is 5.80. The zero-order valence-electron chi connectivity index (χ0n) is 10.3. The highest BCUT2D eigenvalue weighted by Gasteiger charge is 2.10. The first-order valence-corrected chi connectivity index (χ1v) is 6.60. The Labute approximate surface area is 114 Å². The standard InChI is InChI=1S/C14H15BrFNO/c1-9-6-7-13(18-9)10(2)17-8-11-4-3-5-12(16)14(11)15/h3-7,10,17H,8H2,1-2H3. The molecule has 0 aliphatic rings. The molecular weight excluding hydrogens is 297 g/mol. The molecule has 2 nitrogen and oxygen atoms in total. The fraction of sp³-hybridized carbons (Fsp3) is 0.286. The van der Waals surface area contributed by atoms with Crippen molar-refractivity contribution in [2.24, 2.45) is 0 Å². The second kappa shape index (κ2) is 5.67. The fourth-order valence-corrected chi connectivity index (χ4v) is 2.14. The van der Waals surface area contributed by atoms with Gasteiger partial charge in [0, 0.05) is 6.54 Å². The maximum atomic E-state index is 13.3. The van der Waals surface area contributed by atoms with Crippen LogP contribution in [0.5, 0.6) is 0 Å². The van der Waals surface area contributed by atoms with Gasteiger partial charge in [0.05, 0.1) is 10.5 Å². The van der Waals surface area contributed by atoms with Crippen LogP contribution in [-0.4, -0.2) is 0 Å². The number of nitrogens with one attached hydrogen (secondary N) is 1. The van der Waals surface area contributed by atoms with Crippen molar-refractivity contribution < 1.29 is 8.81 Å². The van der Waals surface area contributed by atoms with Gasteiger partial charge < -0.3 is 9.73 Å². The number of furan rings is 1. The molecule has 18 heavy (non-hydrogen) atoms. The van der Waals surface area contributed by atoms with E-state index in [0.717, 1.165) is 17.1 Å². The zero-order chi connectivity index (χ0) is 13.1. The van der Waals surface area contributed by atoms with Crippen LogP contribution in [0.1, 0.15) is 30.0 Å². The molecule has 1 unspecified atom stereocenters. The largest absolute Gasteiger partial charge is 0.465 e. The molecule has 0 bridgehead atoms. The van der Waals surface area contributed by atoms with Crippen LogP contribution in [0.15, 0.2) is 39.2 Å². The Bertz CT molecular complexity index is 538. The van der Waals surface area contributed by atoms with Crippen LogP contribution in [0, 0.1) is 12.7 Å². The summed E-state index contributed by atoms with van der Waals surface area (Å²) in [6, 6.07) is 9.01. The Balaban J connectivity index is 2.01. The van der Waals surface area contributed by atoms with Crippen molar-refractivity contribution in [1.82, 2.24) is 5.32 Å². The van der Waals surface area contributed by atoms with E-state index in [-0.39, 0.29) is 11.9 Å². The monoisotopic (exact) mass is 311 g/mol. The minimum Gasteiger partial charge on any atom is -0.465 e. The van der Waals surface area contributed by atoms with Gasteiger partial charge in [0.1, 0.15) is 17.3 Å². The van der Waals surface area contributed by atoms with E-state index in [1.807, 2.05) is 32.0 Å². The smallest absolute Gasteiger partial charge is 0.137 e. The average molecular weight is 312 g/mol. The van der Waals surface area contributed by atoms with Crippen LogP contribution in [0.4, 0.5) is 4.39 Å². The Kier molecular flexibility index (Phi) is 4.19. The van der Waals surface area contributed by atoms with E-state index < -0.39 is 0 Å². The van der Waals surface area contributed by atoms with Gasteiger partial charge in [0.25, 0.3) is 0 Å². The third-order valence-electron chi connectivity index (χ3n) is 2.82. The Morgan fingerprint density at radius 1 is 1.33 bits per heavy atom. The van der Waals surface area contributed by atoms with Crippen molar-refractivity contribution in [1.29, 1.82) is 0 Å². The summed E-state index contributed by atoms with van der Waals surface area (Å²) in [5.74, 6) is 1.54. The van der Waals surface area contributed by atoms with Gasteiger partial charge in [-0.2, -0.15) is 0 Å². The molecule has 4 heteroatoms. The van der Waals surface area contributed by atoms with E-state index in [4.69, 9.17) is 4.42 Å². The number of halogens is 2. The Hall–Kier alpha value is -1.13. The molecule has 96 valence electrons. The predicted octanol–water partition coefficient (Wildman–Crippen LogP) is 4.34. The molecule has 1 heterocycles. The van der Waals surface area contributed by atoms with E-state index in [1.54, 1.807) is 6.07 Å². The van der Waals surface area contributed by atoms with Gasteiger partial charge in [-0.05, 0) is 53.5 Å². The lowest BCUT2D eigenvalue weighted by Gasteiger charge is -2.12. The van der Waals surface area contributed by atoms with Crippen LogP contribution in [0.3, 0.4) is 0 Å². The van der Waals surface area contributed by atoms with Crippen molar-refractivity contribution >= 4 is 15.9 Å². The molecule has 0 spiro atoms. The molecule has 2 rings (SSSR count). The molecule has 0 radical (unpaired) electrons. The molecule has 1 aromatic heterocycles. The van der Waals surface area contributed by atoms with Crippen LogP contribution in [0.25, 0.3) is 0 Å². The predicted molar refractivity (Wildman–Crippen MR) is 72.8 cm³/mol. The Morgan fingerprint density at radius 2 is 2.11 bits per heavy atom. The van der Waals surface area contributed by atoms with E-state index in [9.17, 15) is 4.39 Å². The van der Waals surface area contributed by atoms with E-state index >= 15 is 0 Å². The minimum absolute atomic E-state index is 0.0915. The van der Waals surface area contributed by atoms with Gasteiger partial charge >= 0.3 is 0 Å². The highest BCUT2D eigenvalue weighted by molar-refractivity contribution is 9.10. The highest BCUT2D eigenvalue weighted by atomic mass is 79.9. The molecule has 0 amide bonds. The molecule has 0 saturated carbocycles. The molecule has 0 aliphatic heterocycles. The fourth-order valence-electron chi connectivity index (χ4n) is 1.73. The number of benzene rings is 1. The zero-order valence-corrected chi connectivity index (χ0v) is 11.9. The second-order valence-electron chi connectivity index (χ2n) is 4.26. The van der Waals surface area contributed by atoms with Gasteiger partial charge in [-0.25, -0.2) is 4.39 Å². The molecule has 0 saturated heterocycles. The maximum Gasteiger partial charge on any atom is 0.137 e. The van der Waals surface area contributed by atoms with Gasteiger partial charge in [-0.1, -0.05) is 12.1 Å². The van der Waals surface area contributed by atoms with E-state index in [1.165, 1.54) is 6.07 Å². The lowest BCUT2D eigenvalue weighted by Crippen LogP contribution is -2.18. The molecule has 1 aromatic carbocycles. The summed E-state index contributed by atoms with van der Waals surface area (Å²) >= 11 is 3.25. The van der Waals surface area contributed by atoms with Crippen molar-refractivity contribution in [2.75, 3.05) is 0 Å². The molecule has 0 fully saturated rings. The normalized spacial score (nSPS) is 12.7. The summed E-state index contributed by atoms with van der Waals surface area (Å²) in [7, 11) is 0. The molecule has 0 aliphatic carbocycles. The minimum atomic E-state index is -0.240. The summed E-state index contributed by atoms with van der Waals surface area (Å²) in [6.07, 6.45) is 0. The summed E-state index contributed by atoms with van der Waals surface area (Å²) in [4.78, 5) is 0. The molecule has 2 aromatic rings. The highest BCUT2D eigenvalue weighted by Crippen LogP contribution is 2.22. The number of hydrogen-bond donors (Lipinski definition) is 1. The topological polar surface area (TPSA) is 25.2 Å². The SMILES string of the molecule is Cc1ccc(C(C)NCc2cccc(F)c2Br)o1. The number of aryl methyl sites for hydroxylation is 1. The first kappa shape index (κ1) is 13.3. The number of hydrogen-bond acceptors (Lipinski definition) is 2. The van der Waals surface area contributed by atoms with Crippen LogP contribution >= 0.6 is 15.9 Å². The number of rotatable bonds is 4. The van der Waals surface area contributed by atoms with Gasteiger partial charge in [0.2, 0.25) is 0 Å². The van der Waals surface area contributed by atoms with Gasteiger partial charge in [-0.3, -0.25) is 0 Å². The molecule has 1 N–H and O–H groups in total. The van der Waals surface area contributed by atoms with Crippen molar-refractivity contribution in [3.8, 4) is 0 Å². The molecule has 1 atom stereocenters. The van der Waals surface area contributed by atoms with E-state index in [2.05, 4.69) is 21.2 Å². The van der Waals surface area contributed by atoms with Crippen LogP contribution in [-0.2, 0) is 6.54 Å². The van der Waals surface area contributed by atoms with Crippen molar-refractivity contribution in [3.63, 3.8) is 0 Å². The lowest BCUT2D eigenvalue weighted by atomic mass is 10.2. The lowest BCUT2D eigenvalue weighted by molar-refractivity contribution is 0.415. The average Bonchev–Trinajstić information content (AvgIpc) is 2.77. The van der Waals surface area contributed by atoms with Gasteiger partial charge in [0.15, 0.2) is 0 Å². The summed E-state index contributed by atoms with van der Waals surface area (Å²) in [5.41, 5.74) is 0.894. The van der Waals surface area contributed by atoms with Crippen LogP contribution in [0.2, 0.25) is 0 Å². The summed E-state index contributed by atoms with van der Waals surface area (Å²) in [6.45, 7) is 4.52. The van der Waals surface area contributed by atoms with Gasteiger partial charge in [-0.15, -0.1) is 0 Å². The first-order chi connectivity index (χ1) is 8.58. The summed E-state index contributed by atoms with van der Waals surface area (Å²) < 4.78 is 19.4. The molecular formula is C14H15BrFNO. The third kappa shape index (κ3) is 3.00. The summed E-state index contributed by atoms with van der Waals surface area (Å²) in [5, 5.41) is 3.31. The van der Waals surface area contributed by atoms with Crippen LogP contribution < -0.4 is 5.32 Å². The second-order valence-corrected chi connectivity index (χ2v) is 5.06. The van der Waals surface area contributed by atoms with Crippen molar-refractivity contribution in [2.45, 2.75) is 26.4 Å². The Morgan fingerprint density at radius 3 is 2.78 bits per heavy atom. The van der Waals surface area contributed by atoms with E-state index in [0.29, 0.717) is 11.0 Å².